The molecule has 0 N–H and O–H groups in total. The third kappa shape index (κ3) is 2.94. The monoisotopic (exact) mass is 275 g/mol. The quantitative estimate of drug-likeness (QED) is 0.822. The minimum Gasteiger partial charge on any atom is -0.354 e. The third-order valence-corrected chi connectivity index (χ3v) is 5.35. The van der Waals surface area contributed by atoms with E-state index in [9.17, 15) is 0 Å². The Hall–Kier alpha value is -0.800. The molecule has 0 unspecified atom stereocenters. The Morgan fingerprint density at radius 3 is 2.15 bits per heavy atom. The van der Waals surface area contributed by atoms with Gasteiger partial charge in [-0.25, -0.2) is 0 Å². The van der Waals surface area contributed by atoms with Crippen LogP contribution in [0.5, 0.6) is 0 Å². The summed E-state index contributed by atoms with van der Waals surface area (Å²) < 4.78 is 2.34. The van der Waals surface area contributed by atoms with E-state index >= 15 is 0 Å². The molecule has 20 heavy (non-hydrogen) atoms. The summed E-state index contributed by atoms with van der Waals surface area (Å²) in [7, 11) is 4.45. The lowest BCUT2D eigenvalue weighted by molar-refractivity contribution is 0.0874. The van der Waals surface area contributed by atoms with E-state index in [-0.39, 0.29) is 0 Å². The van der Waals surface area contributed by atoms with E-state index in [1.165, 1.54) is 57.4 Å². The molecule has 0 spiro atoms. The minimum absolute atomic E-state index is 0.789. The molecule has 112 valence electrons. The predicted molar refractivity (Wildman–Crippen MR) is 84.2 cm³/mol. The highest BCUT2D eigenvalue weighted by molar-refractivity contribution is 5.21. The SMILES string of the molecule is Cc1cc(C2CCC(N3CCN(C)CC3)CC2)n(C)c1. The maximum Gasteiger partial charge on any atom is 0.0205 e. The molecule has 2 fully saturated rings. The zero-order valence-corrected chi connectivity index (χ0v) is 13.3. The lowest BCUT2D eigenvalue weighted by Gasteiger charge is -2.41. The van der Waals surface area contributed by atoms with Gasteiger partial charge in [-0.05, 0) is 57.2 Å². The van der Waals surface area contributed by atoms with Crippen molar-refractivity contribution in [2.45, 2.75) is 44.6 Å². The normalized spacial score (nSPS) is 29.8. The van der Waals surface area contributed by atoms with E-state index in [2.05, 4.69) is 47.6 Å². The van der Waals surface area contributed by atoms with Gasteiger partial charge in [0.2, 0.25) is 0 Å². The summed E-state index contributed by atoms with van der Waals surface area (Å²) in [6.45, 7) is 7.25. The van der Waals surface area contributed by atoms with Crippen LogP contribution in [0, 0.1) is 6.92 Å². The Bertz CT molecular complexity index is 435. The summed E-state index contributed by atoms with van der Waals surface area (Å²) in [6, 6.07) is 3.24. The Kier molecular flexibility index (Phi) is 4.18. The molecule has 0 atom stereocenters. The van der Waals surface area contributed by atoms with E-state index < -0.39 is 0 Å². The van der Waals surface area contributed by atoms with Crippen LogP contribution < -0.4 is 0 Å². The molecule has 0 bridgehead atoms. The number of rotatable bonds is 2. The minimum atomic E-state index is 0.789. The van der Waals surface area contributed by atoms with Crippen LogP contribution in [0.15, 0.2) is 12.3 Å². The number of aryl methyl sites for hydroxylation is 2. The van der Waals surface area contributed by atoms with Gasteiger partial charge in [0.25, 0.3) is 0 Å². The molecule has 1 aromatic heterocycles. The standard InChI is InChI=1S/C17H29N3/c1-14-12-17(19(3)13-14)15-4-6-16(7-5-15)20-10-8-18(2)9-11-20/h12-13,15-16H,4-11H2,1-3H3. The molecule has 1 saturated carbocycles. The van der Waals surface area contributed by atoms with Crippen molar-refractivity contribution in [1.29, 1.82) is 0 Å². The van der Waals surface area contributed by atoms with Crippen LogP contribution in [0.25, 0.3) is 0 Å². The average molecular weight is 275 g/mol. The van der Waals surface area contributed by atoms with Crippen LogP contribution in [0.1, 0.15) is 42.9 Å². The molecule has 0 amide bonds. The van der Waals surface area contributed by atoms with Crippen molar-refractivity contribution >= 4 is 0 Å². The molecule has 1 saturated heterocycles. The first kappa shape index (κ1) is 14.2. The van der Waals surface area contributed by atoms with Gasteiger partial charge in [0.15, 0.2) is 0 Å². The molecule has 0 aromatic carbocycles. The fourth-order valence-electron chi connectivity index (χ4n) is 4.08. The topological polar surface area (TPSA) is 11.4 Å². The molecular formula is C17H29N3. The number of piperazine rings is 1. The predicted octanol–water partition coefficient (Wildman–Crippen LogP) is 2.61. The fourth-order valence-corrected chi connectivity index (χ4v) is 4.08. The van der Waals surface area contributed by atoms with Crippen LogP contribution in [0.2, 0.25) is 0 Å². The van der Waals surface area contributed by atoms with E-state index in [4.69, 9.17) is 0 Å². The highest BCUT2D eigenvalue weighted by Gasteiger charge is 2.29. The van der Waals surface area contributed by atoms with Crippen LogP contribution >= 0.6 is 0 Å². The van der Waals surface area contributed by atoms with Crippen LogP contribution in [-0.2, 0) is 7.05 Å². The first-order valence-electron chi connectivity index (χ1n) is 8.19. The van der Waals surface area contributed by atoms with Gasteiger partial charge in [-0.3, -0.25) is 4.90 Å². The fraction of sp³-hybridized carbons (Fsp3) is 0.765. The van der Waals surface area contributed by atoms with Gasteiger partial charge in [0.1, 0.15) is 0 Å². The van der Waals surface area contributed by atoms with Crippen molar-refractivity contribution in [3.8, 4) is 0 Å². The summed E-state index contributed by atoms with van der Waals surface area (Å²) >= 11 is 0. The molecule has 1 aliphatic heterocycles. The molecule has 3 rings (SSSR count). The lowest BCUT2D eigenvalue weighted by Crippen LogP contribution is -2.49. The number of nitrogens with zero attached hydrogens (tertiary/aromatic N) is 3. The van der Waals surface area contributed by atoms with Crippen molar-refractivity contribution < 1.29 is 0 Å². The molecule has 1 aromatic rings. The maximum absolute atomic E-state index is 2.74. The zero-order valence-electron chi connectivity index (χ0n) is 13.3. The Morgan fingerprint density at radius 1 is 0.950 bits per heavy atom. The summed E-state index contributed by atoms with van der Waals surface area (Å²) in [5.41, 5.74) is 2.96. The van der Waals surface area contributed by atoms with Crippen LogP contribution in [0.3, 0.4) is 0 Å². The Morgan fingerprint density at radius 2 is 1.60 bits per heavy atom. The van der Waals surface area contributed by atoms with Crippen LogP contribution in [0.4, 0.5) is 0 Å². The number of hydrogen-bond acceptors (Lipinski definition) is 2. The molecule has 2 aliphatic rings. The second-order valence-electron chi connectivity index (χ2n) is 6.90. The second-order valence-corrected chi connectivity index (χ2v) is 6.90. The molecule has 1 aliphatic carbocycles. The maximum atomic E-state index is 2.74. The van der Waals surface area contributed by atoms with Gasteiger partial charge < -0.3 is 9.47 Å². The first-order valence-corrected chi connectivity index (χ1v) is 8.19. The first-order chi connectivity index (χ1) is 9.63. The molecular weight excluding hydrogens is 246 g/mol. The second kappa shape index (κ2) is 5.90. The Labute approximate surface area is 123 Å². The highest BCUT2D eigenvalue weighted by Crippen LogP contribution is 2.35. The van der Waals surface area contributed by atoms with E-state index in [1.807, 2.05) is 0 Å². The summed E-state index contributed by atoms with van der Waals surface area (Å²) in [5, 5.41) is 0. The number of hydrogen-bond donors (Lipinski definition) is 0. The number of aromatic nitrogens is 1. The van der Waals surface area contributed by atoms with Gasteiger partial charge in [0, 0.05) is 51.2 Å². The van der Waals surface area contributed by atoms with Gasteiger partial charge >= 0.3 is 0 Å². The highest BCUT2D eigenvalue weighted by atomic mass is 15.3. The lowest BCUT2D eigenvalue weighted by atomic mass is 9.83. The van der Waals surface area contributed by atoms with E-state index in [0.717, 1.165) is 12.0 Å². The summed E-state index contributed by atoms with van der Waals surface area (Å²) in [5.74, 6) is 0.789. The van der Waals surface area contributed by atoms with Crippen molar-refractivity contribution in [3.05, 3.63) is 23.5 Å². The summed E-state index contributed by atoms with van der Waals surface area (Å²) in [6.07, 6.45) is 7.78. The molecule has 3 nitrogen and oxygen atoms in total. The third-order valence-electron chi connectivity index (χ3n) is 5.35. The smallest absolute Gasteiger partial charge is 0.0205 e. The van der Waals surface area contributed by atoms with Gasteiger partial charge in [0.05, 0.1) is 0 Å². The van der Waals surface area contributed by atoms with E-state index in [0.29, 0.717) is 0 Å². The van der Waals surface area contributed by atoms with Gasteiger partial charge in [-0.2, -0.15) is 0 Å². The summed E-state index contributed by atoms with van der Waals surface area (Å²) in [4.78, 5) is 5.20. The zero-order chi connectivity index (χ0) is 14.1. The average Bonchev–Trinajstić information content (AvgIpc) is 2.79. The number of likely N-dealkylation sites (N-methyl/N-ethyl adjacent to an activating group) is 1. The van der Waals surface area contributed by atoms with Crippen LogP contribution in [-0.4, -0.2) is 53.6 Å². The van der Waals surface area contributed by atoms with E-state index in [1.54, 1.807) is 5.69 Å². The van der Waals surface area contributed by atoms with Gasteiger partial charge in [-0.15, -0.1) is 0 Å². The van der Waals surface area contributed by atoms with Crippen molar-refractivity contribution in [3.63, 3.8) is 0 Å². The van der Waals surface area contributed by atoms with Crippen molar-refractivity contribution in [2.24, 2.45) is 7.05 Å². The van der Waals surface area contributed by atoms with Crippen molar-refractivity contribution in [1.82, 2.24) is 14.4 Å². The Balaban J connectivity index is 1.55. The molecule has 2 heterocycles. The largest absolute Gasteiger partial charge is 0.354 e. The molecule has 3 heteroatoms. The van der Waals surface area contributed by atoms with Crippen molar-refractivity contribution in [2.75, 3.05) is 33.2 Å². The van der Waals surface area contributed by atoms with Gasteiger partial charge in [-0.1, -0.05) is 0 Å². The molecule has 0 radical (unpaired) electrons.